The molecular weight excluding hydrogens is 236 g/mol. The van der Waals surface area contributed by atoms with Gasteiger partial charge in [-0.2, -0.15) is 5.10 Å². The summed E-state index contributed by atoms with van der Waals surface area (Å²) in [6.07, 6.45) is 4.87. The molecule has 0 amide bonds. The van der Waals surface area contributed by atoms with Gasteiger partial charge >= 0.3 is 0 Å². The summed E-state index contributed by atoms with van der Waals surface area (Å²) in [4.78, 5) is 6.82. The Morgan fingerprint density at radius 2 is 2.16 bits per heavy atom. The average Bonchev–Trinajstić information content (AvgIpc) is 2.73. The number of hydrogen-bond donors (Lipinski definition) is 0. The van der Waals surface area contributed by atoms with Crippen LogP contribution < -0.4 is 0 Å². The van der Waals surface area contributed by atoms with Crippen LogP contribution in [-0.4, -0.2) is 26.7 Å². The van der Waals surface area contributed by atoms with Crippen molar-refractivity contribution in [1.82, 2.24) is 19.7 Å². The van der Waals surface area contributed by atoms with Gasteiger partial charge in [-0.25, -0.2) is 0 Å². The van der Waals surface area contributed by atoms with E-state index in [1.807, 2.05) is 36.3 Å². The third-order valence-corrected chi connectivity index (χ3v) is 3.70. The average molecular weight is 258 g/mol. The maximum absolute atomic E-state index is 4.48. The Kier molecular flexibility index (Phi) is 4.32. The molecule has 0 aromatic carbocycles. The summed E-state index contributed by atoms with van der Waals surface area (Å²) in [5.41, 5.74) is 3.64. The molecule has 0 saturated carbocycles. The third-order valence-electron chi connectivity index (χ3n) is 3.70. The first-order valence-electron chi connectivity index (χ1n) is 6.72. The van der Waals surface area contributed by atoms with E-state index in [2.05, 4.69) is 41.9 Å². The van der Waals surface area contributed by atoms with Crippen LogP contribution in [0, 0.1) is 6.92 Å². The van der Waals surface area contributed by atoms with Crippen LogP contribution in [0.15, 0.2) is 30.6 Å². The fourth-order valence-electron chi connectivity index (χ4n) is 2.40. The van der Waals surface area contributed by atoms with Gasteiger partial charge in [-0.05, 0) is 32.5 Å². The second-order valence-electron chi connectivity index (χ2n) is 4.97. The number of nitrogens with zero attached hydrogens (tertiary/aromatic N) is 4. The van der Waals surface area contributed by atoms with E-state index >= 15 is 0 Å². The molecule has 1 atom stereocenters. The normalized spacial score (nSPS) is 12.9. The Morgan fingerprint density at radius 1 is 1.37 bits per heavy atom. The molecule has 4 nitrogen and oxygen atoms in total. The van der Waals surface area contributed by atoms with E-state index < -0.39 is 0 Å². The lowest BCUT2D eigenvalue weighted by atomic mass is 10.1. The molecule has 0 aliphatic carbocycles. The number of aromatic nitrogens is 3. The fourth-order valence-corrected chi connectivity index (χ4v) is 2.40. The lowest BCUT2D eigenvalue weighted by Gasteiger charge is -2.26. The second-order valence-corrected chi connectivity index (χ2v) is 4.97. The van der Waals surface area contributed by atoms with Crippen molar-refractivity contribution in [1.29, 1.82) is 0 Å². The van der Waals surface area contributed by atoms with Gasteiger partial charge in [0.2, 0.25) is 0 Å². The molecular formula is C15H22N4. The minimum absolute atomic E-state index is 0.348. The molecule has 2 aromatic rings. The number of rotatable bonds is 5. The Bertz CT molecular complexity index is 518. The minimum atomic E-state index is 0.348. The van der Waals surface area contributed by atoms with Gasteiger partial charge in [0.05, 0.1) is 17.9 Å². The summed E-state index contributed by atoms with van der Waals surface area (Å²) >= 11 is 0. The molecule has 102 valence electrons. The smallest absolute Gasteiger partial charge is 0.0575 e. The Morgan fingerprint density at radius 3 is 2.68 bits per heavy atom. The van der Waals surface area contributed by atoms with Crippen molar-refractivity contribution in [3.8, 4) is 0 Å². The van der Waals surface area contributed by atoms with E-state index in [1.165, 1.54) is 11.3 Å². The first-order valence-corrected chi connectivity index (χ1v) is 6.72. The maximum Gasteiger partial charge on any atom is 0.0575 e. The summed E-state index contributed by atoms with van der Waals surface area (Å²) in [5, 5.41) is 4.30. The monoisotopic (exact) mass is 258 g/mol. The molecule has 2 heterocycles. The van der Waals surface area contributed by atoms with Crippen LogP contribution in [0.4, 0.5) is 0 Å². The fraction of sp³-hybridized carbons (Fsp3) is 0.467. The number of aryl methyl sites for hydroxylation is 1. The summed E-state index contributed by atoms with van der Waals surface area (Å²) in [6.45, 7) is 5.21. The van der Waals surface area contributed by atoms with E-state index in [4.69, 9.17) is 0 Å². The zero-order chi connectivity index (χ0) is 13.8. The molecule has 19 heavy (non-hydrogen) atoms. The van der Waals surface area contributed by atoms with Gasteiger partial charge in [-0.3, -0.25) is 14.6 Å². The van der Waals surface area contributed by atoms with Crippen molar-refractivity contribution in [3.05, 3.63) is 47.5 Å². The van der Waals surface area contributed by atoms with Crippen LogP contribution in [0.1, 0.15) is 36.3 Å². The molecule has 4 heteroatoms. The molecule has 0 unspecified atom stereocenters. The van der Waals surface area contributed by atoms with Crippen LogP contribution in [0.2, 0.25) is 0 Å². The largest absolute Gasteiger partial charge is 0.293 e. The molecule has 0 aliphatic rings. The highest BCUT2D eigenvalue weighted by Gasteiger charge is 2.17. The van der Waals surface area contributed by atoms with Crippen molar-refractivity contribution in [2.24, 2.45) is 7.05 Å². The summed E-state index contributed by atoms with van der Waals surface area (Å²) in [7, 11) is 4.13. The van der Waals surface area contributed by atoms with Crippen molar-refractivity contribution >= 4 is 0 Å². The highest BCUT2D eigenvalue weighted by atomic mass is 15.3. The lowest BCUT2D eigenvalue weighted by molar-refractivity contribution is 0.225. The van der Waals surface area contributed by atoms with Crippen molar-refractivity contribution < 1.29 is 0 Å². The third kappa shape index (κ3) is 3.01. The Balaban J connectivity index is 2.14. The Labute approximate surface area is 115 Å². The maximum atomic E-state index is 4.48. The molecule has 0 aliphatic heterocycles. The molecule has 0 spiro atoms. The van der Waals surface area contributed by atoms with E-state index in [1.54, 1.807) is 0 Å². The Hall–Kier alpha value is -1.68. The molecule has 0 fully saturated rings. The zero-order valence-electron chi connectivity index (χ0n) is 12.2. The van der Waals surface area contributed by atoms with Crippen molar-refractivity contribution in [3.63, 3.8) is 0 Å². The van der Waals surface area contributed by atoms with Gasteiger partial charge in [0, 0.05) is 31.0 Å². The predicted molar refractivity (Wildman–Crippen MR) is 76.7 cm³/mol. The molecule has 0 saturated heterocycles. The van der Waals surface area contributed by atoms with Crippen LogP contribution in [0.25, 0.3) is 0 Å². The minimum Gasteiger partial charge on any atom is -0.293 e. The molecule has 2 aromatic heterocycles. The molecule has 0 N–H and O–H groups in total. The van der Waals surface area contributed by atoms with E-state index in [0.717, 1.165) is 18.7 Å². The molecule has 0 bridgehead atoms. The molecule has 0 radical (unpaired) electrons. The summed E-state index contributed by atoms with van der Waals surface area (Å²) in [6, 6.07) is 6.46. The van der Waals surface area contributed by atoms with E-state index in [9.17, 15) is 0 Å². The van der Waals surface area contributed by atoms with Gasteiger partial charge in [0.15, 0.2) is 0 Å². The number of hydrogen-bond acceptors (Lipinski definition) is 3. The van der Waals surface area contributed by atoms with Gasteiger partial charge in [0.25, 0.3) is 0 Å². The van der Waals surface area contributed by atoms with Crippen LogP contribution in [-0.2, 0) is 13.6 Å². The van der Waals surface area contributed by atoms with Gasteiger partial charge in [-0.15, -0.1) is 0 Å². The van der Waals surface area contributed by atoms with Crippen LogP contribution >= 0.6 is 0 Å². The van der Waals surface area contributed by atoms with Gasteiger partial charge in [0.1, 0.15) is 0 Å². The van der Waals surface area contributed by atoms with Crippen molar-refractivity contribution in [2.45, 2.75) is 32.9 Å². The highest BCUT2D eigenvalue weighted by molar-refractivity contribution is 5.16. The first kappa shape index (κ1) is 13.7. The first-order chi connectivity index (χ1) is 9.13. The lowest BCUT2D eigenvalue weighted by Crippen LogP contribution is -2.24. The van der Waals surface area contributed by atoms with E-state index in [-0.39, 0.29) is 0 Å². The van der Waals surface area contributed by atoms with E-state index in [0.29, 0.717) is 6.04 Å². The quantitative estimate of drug-likeness (QED) is 0.827. The second kappa shape index (κ2) is 5.97. The predicted octanol–water partition coefficient (Wildman–Crippen LogP) is 2.71. The topological polar surface area (TPSA) is 34.0 Å². The zero-order valence-corrected chi connectivity index (χ0v) is 12.2. The van der Waals surface area contributed by atoms with Gasteiger partial charge < -0.3 is 0 Å². The van der Waals surface area contributed by atoms with Crippen LogP contribution in [0.5, 0.6) is 0 Å². The summed E-state index contributed by atoms with van der Waals surface area (Å²) in [5.74, 6) is 0. The van der Waals surface area contributed by atoms with Crippen molar-refractivity contribution in [2.75, 3.05) is 7.05 Å². The van der Waals surface area contributed by atoms with Gasteiger partial charge in [-0.1, -0.05) is 13.0 Å². The number of pyridine rings is 1. The summed E-state index contributed by atoms with van der Waals surface area (Å²) < 4.78 is 1.92. The SMILES string of the molecule is CC[C@H](c1ccccn1)N(C)Cc1cnn(C)c1C. The highest BCUT2D eigenvalue weighted by Crippen LogP contribution is 2.23. The molecule has 2 rings (SSSR count). The standard InChI is InChI=1S/C15H22N4/c1-5-15(14-8-6-7-9-16-14)18(3)11-13-10-17-19(4)12(13)2/h6-10,15H,5,11H2,1-4H3/t15-/m1/s1. The van der Waals surface area contributed by atoms with Crippen LogP contribution in [0.3, 0.4) is 0 Å².